The van der Waals surface area contributed by atoms with Crippen LogP contribution < -0.4 is 11.3 Å². The second-order valence-electron chi connectivity index (χ2n) is 4.73. The summed E-state index contributed by atoms with van der Waals surface area (Å²) in [6, 6.07) is 9.30. The van der Waals surface area contributed by atoms with Gasteiger partial charge < -0.3 is 10.0 Å². The molecule has 1 fully saturated rings. The van der Waals surface area contributed by atoms with Crippen LogP contribution in [0.2, 0.25) is 0 Å². The number of nitrogens with one attached hydrogen (secondary N) is 1. The molecule has 2 rings (SSSR count). The van der Waals surface area contributed by atoms with Gasteiger partial charge in [0.1, 0.15) is 0 Å². The van der Waals surface area contributed by atoms with E-state index in [1.165, 1.54) is 4.90 Å². The zero-order valence-corrected chi connectivity index (χ0v) is 10.5. The van der Waals surface area contributed by atoms with E-state index in [0.717, 1.165) is 5.56 Å². The Morgan fingerprint density at radius 3 is 2.47 bits per heavy atom. The minimum Gasteiger partial charge on any atom is -0.465 e. The zero-order chi connectivity index (χ0) is 13.8. The normalized spacial score (nSPS) is 21.3. The molecule has 19 heavy (non-hydrogen) atoms. The van der Waals surface area contributed by atoms with Crippen molar-refractivity contribution in [1.82, 2.24) is 10.3 Å². The van der Waals surface area contributed by atoms with E-state index in [1.54, 1.807) is 0 Å². The monoisotopic (exact) mass is 263 g/mol. The summed E-state index contributed by atoms with van der Waals surface area (Å²) in [5, 5.41) is 9.25. The van der Waals surface area contributed by atoms with Crippen molar-refractivity contribution in [3.63, 3.8) is 0 Å². The van der Waals surface area contributed by atoms with Gasteiger partial charge in [0.25, 0.3) is 0 Å². The second-order valence-corrected chi connectivity index (χ2v) is 4.73. The highest BCUT2D eigenvalue weighted by Crippen LogP contribution is 2.32. The maximum absolute atomic E-state index is 11.3. The first-order valence-corrected chi connectivity index (χ1v) is 6.15. The van der Waals surface area contributed by atoms with Crippen LogP contribution in [0.25, 0.3) is 0 Å². The third-order valence-corrected chi connectivity index (χ3v) is 3.51. The molecular weight excluding hydrogens is 246 g/mol. The molecule has 0 atom stereocenters. The van der Waals surface area contributed by atoms with Crippen molar-refractivity contribution in [3.8, 4) is 0 Å². The van der Waals surface area contributed by atoms with Crippen molar-refractivity contribution in [2.45, 2.75) is 25.4 Å². The molecule has 4 N–H and O–H groups in total. The molecule has 1 aromatic carbocycles. The van der Waals surface area contributed by atoms with Crippen molar-refractivity contribution >= 4 is 12.0 Å². The Morgan fingerprint density at radius 1 is 1.32 bits per heavy atom. The van der Waals surface area contributed by atoms with Crippen LogP contribution in [0.5, 0.6) is 0 Å². The maximum atomic E-state index is 11.3. The minimum atomic E-state index is -0.958. The molecule has 1 aliphatic rings. The number of rotatable bonds is 4. The van der Waals surface area contributed by atoms with E-state index < -0.39 is 6.09 Å². The molecule has 0 unspecified atom stereocenters. The molecule has 0 bridgehead atoms. The standard InChI is InChI=1S/C13H17N3O3/c14-15-12(17)10-6-11(7-10)16(13(18)19)8-9-4-2-1-3-5-9/h1-5,10-11H,6-8,14H2,(H,15,17)(H,18,19). The Morgan fingerprint density at radius 2 is 1.95 bits per heavy atom. The zero-order valence-electron chi connectivity index (χ0n) is 10.5. The Labute approximate surface area is 111 Å². The summed E-state index contributed by atoms with van der Waals surface area (Å²) in [5.74, 6) is 4.66. The molecule has 102 valence electrons. The van der Waals surface area contributed by atoms with Crippen LogP contribution >= 0.6 is 0 Å². The Bertz CT molecular complexity index is 457. The number of nitrogens with two attached hydrogens (primary N) is 1. The van der Waals surface area contributed by atoms with E-state index in [2.05, 4.69) is 5.43 Å². The summed E-state index contributed by atoms with van der Waals surface area (Å²) < 4.78 is 0. The van der Waals surface area contributed by atoms with Crippen molar-refractivity contribution < 1.29 is 14.7 Å². The van der Waals surface area contributed by atoms with Gasteiger partial charge in [0.2, 0.25) is 5.91 Å². The molecule has 0 aromatic heterocycles. The SMILES string of the molecule is NNC(=O)C1CC(N(Cc2ccccc2)C(=O)O)C1. The van der Waals surface area contributed by atoms with Crippen LogP contribution in [-0.2, 0) is 11.3 Å². The van der Waals surface area contributed by atoms with Gasteiger partial charge in [-0.2, -0.15) is 0 Å². The van der Waals surface area contributed by atoms with Gasteiger partial charge in [-0.1, -0.05) is 30.3 Å². The molecule has 0 radical (unpaired) electrons. The Kier molecular flexibility index (Phi) is 4.01. The van der Waals surface area contributed by atoms with Gasteiger partial charge in [-0.15, -0.1) is 0 Å². The fourth-order valence-electron chi connectivity index (χ4n) is 2.31. The molecule has 1 saturated carbocycles. The molecule has 1 aliphatic carbocycles. The third-order valence-electron chi connectivity index (χ3n) is 3.51. The lowest BCUT2D eigenvalue weighted by molar-refractivity contribution is -0.129. The number of carboxylic acid groups (broad SMARTS) is 1. The number of hydrazine groups is 1. The van der Waals surface area contributed by atoms with Crippen LogP contribution in [0, 0.1) is 5.92 Å². The van der Waals surface area contributed by atoms with Crippen LogP contribution in [-0.4, -0.2) is 28.0 Å². The third kappa shape index (κ3) is 3.03. The molecule has 6 heteroatoms. The van der Waals surface area contributed by atoms with Crippen LogP contribution in [0.4, 0.5) is 4.79 Å². The van der Waals surface area contributed by atoms with Crippen LogP contribution in [0.1, 0.15) is 18.4 Å². The minimum absolute atomic E-state index is 0.111. The molecule has 2 amide bonds. The smallest absolute Gasteiger partial charge is 0.407 e. The van der Waals surface area contributed by atoms with Gasteiger partial charge in [-0.05, 0) is 18.4 Å². The highest BCUT2D eigenvalue weighted by Gasteiger charge is 2.39. The number of carbonyl (C=O) groups is 2. The molecule has 0 aliphatic heterocycles. The Balaban J connectivity index is 1.96. The topological polar surface area (TPSA) is 95.7 Å². The second kappa shape index (κ2) is 5.71. The number of hydrogen-bond donors (Lipinski definition) is 3. The average molecular weight is 263 g/mol. The van der Waals surface area contributed by atoms with Crippen LogP contribution in [0.3, 0.4) is 0 Å². The van der Waals surface area contributed by atoms with Crippen molar-refractivity contribution in [2.75, 3.05) is 0 Å². The molecule has 0 spiro atoms. The number of benzene rings is 1. The largest absolute Gasteiger partial charge is 0.465 e. The number of nitrogens with zero attached hydrogens (tertiary/aromatic N) is 1. The van der Waals surface area contributed by atoms with E-state index in [4.69, 9.17) is 5.84 Å². The fraction of sp³-hybridized carbons (Fsp3) is 0.385. The van der Waals surface area contributed by atoms with E-state index in [9.17, 15) is 14.7 Å². The summed E-state index contributed by atoms with van der Waals surface area (Å²) in [7, 11) is 0. The molecular formula is C13H17N3O3. The lowest BCUT2D eigenvalue weighted by atomic mass is 9.78. The number of amides is 2. The lowest BCUT2D eigenvalue weighted by Gasteiger charge is -2.40. The van der Waals surface area contributed by atoms with Gasteiger partial charge in [0.15, 0.2) is 0 Å². The Hall–Kier alpha value is -2.08. The molecule has 6 nitrogen and oxygen atoms in total. The molecule has 0 heterocycles. The fourth-order valence-corrected chi connectivity index (χ4v) is 2.31. The predicted molar refractivity (Wildman–Crippen MR) is 68.9 cm³/mol. The lowest BCUT2D eigenvalue weighted by Crippen LogP contribution is -2.52. The van der Waals surface area contributed by atoms with E-state index in [0.29, 0.717) is 19.4 Å². The van der Waals surface area contributed by atoms with Crippen molar-refractivity contribution in [2.24, 2.45) is 11.8 Å². The highest BCUT2D eigenvalue weighted by molar-refractivity contribution is 5.79. The molecule has 0 saturated heterocycles. The molecule has 1 aromatic rings. The maximum Gasteiger partial charge on any atom is 0.407 e. The van der Waals surface area contributed by atoms with E-state index in [-0.39, 0.29) is 17.9 Å². The van der Waals surface area contributed by atoms with Gasteiger partial charge in [-0.25, -0.2) is 10.6 Å². The number of hydrogen-bond acceptors (Lipinski definition) is 3. The first-order chi connectivity index (χ1) is 9.11. The van der Waals surface area contributed by atoms with E-state index >= 15 is 0 Å². The van der Waals surface area contributed by atoms with Gasteiger partial charge >= 0.3 is 6.09 Å². The summed E-state index contributed by atoms with van der Waals surface area (Å²) in [5.41, 5.74) is 3.04. The first kappa shape index (κ1) is 13.4. The summed E-state index contributed by atoms with van der Waals surface area (Å²) in [6.45, 7) is 0.345. The quantitative estimate of drug-likeness (QED) is 0.428. The predicted octanol–water partition coefficient (Wildman–Crippen LogP) is 0.935. The van der Waals surface area contributed by atoms with Crippen LogP contribution in [0.15, 0.2) is 30.3 Å². The number of carbonyl (C=O) groups excluding carboxylic acids is 1. The average Bonchev–Trinajstić information content (AvgIpc) is 2.36. The van der Waals surface area contributed by atoms with Gasteiger partial charge in [-0.3, -0.25) is 10.2 Å². The van der Waals surface area contributed by atoms with E-state index in [1.807, 2.05) is 30.3 Å². The summed E-state index contributed by atoms with van der Waals surface area (Å²) in [6.07, 6.45) is 0.102. The summed E-state index contributed by atoms with van der Waals surface area (Å²) in [4.78, 5) is 24.0. The summed E-state index contributed by atoms with van der Waals surface area (Å²) >= 11 is 0. The van der Waals surface area contributed by atoms with Crippen molar-refractivity contribution in [1.29, 1.82) is 0 Å². The van der Waals surface area contributed by atoms with Crippen molar-refractivity contribution in [3.05, 3.63) is 35.9 Å². The first-order valence-electron chi connectivity index (χ1n) is 6.15. The van der Waals surface area contributed by atoms with Gasteiger partial charge in [0.05, 0.1) is 0 Å². The van der Waals surface area contributed by atoms with Gasteiger partial charge in [0, 0.05) is 18.5 Å². The highest BCUT2D eigenvalue weighted by atomic mass is 16.4.